The fourth-order valence-corrected chi connectivity index (χ4v) is 2.38. The van der Waals surface area contributed by atoms with Gasteiger partial charge in [-0.1, -0.05) is 18.2 Å². The molecule has 0 saturated carbocycles. The molecule has 0 radical (unpaired) electrons. The minimum Gasteiger partial charge on any atom is -0.496 e. The minimum atomic E-state index is -0.772. The van der Waals surface area contributed by atoms with Gasteiger partial charge >= 0.3 is 11.8 Å². The molecule has 1 heterocycles. The van der Waals surface area contributed by atoms with Crippen LogP contribution in [0.4, 0.5) is 5.69 Å². The van der Waals surface area contributed by atoms with Crippen molar-refractivity contribution in [3.8, 4) is 5.75 Å². The molecule has 1 aromatic heterocycles. The number of methoxy groups -OCH3 is 1. The first kappa shape index (κ1) is 17.5. The molecule has 0 spiro atoms. The van der Waals surface area contributed by atoms with Crippen molar-refractivity contribution in [3.05, 3.63) is 53.9 Å². The van der Waals surface area contributed by atoms with E-state index in [-0.39, 0.29) is 0 Å². The predicted molar refractivity (Wildman–Crippen MR) is 91.8 cm³/mol. The Labute approximate surface area is 141 Å². The van der Waals surface area contributed by atoms with Crippen molar-refractivity contribution < 1.29 is 14.3 Å². The van der Waals surface area contributed by atoms with Crippen LogP contribution < -0.4 is 15.4 Å². The molecule has 0 atom stereocenters. The minimum absolute atomic E-state index is 0.477. The van der Waals surface area contributed by atoms with Crippen molar-refractivity contribution in [2.45, 2.75) is 26.3 Å². The second-order valence-corrected chi connectivity index (χ2v) is 5.98. The van der Waals surface area contributed by atoms with E-state index in [2.05, 4.69) is 15.6 Å². The van der Waals surface area contributed by atoms with Gasteiger partial charge < -0.3 is 15.4 Å². The number of benzene rings is 1. The molecule has 24 heavy (non-hydrogen) atoms. The number of rotatable bonds is 4. The SMILES string of the molecule is COc1ccccc1C(C)(C)NC(=O)C(=O)Nc1cncc(C)c1. The maximum Gasteiger partial charge on any atom is 0.313 e. The zero-order chi connectivity index (χ0) is 17.7. The molecule has 0 unspecified atom stereocenters. The molecule has 6 nitrogen and oxygen atoms in total. The van der Waals surface area contributed by atoms with Gasteiger partial charge in [-0.2, -0.15) is 0 Å². The molecule has 0 aliphatic carbocycles. The van der Waals surface area contributed by atoms with Gasteiger partial charge in [-0.25, -0.2) is 0 Å². The van der Waals surface area contributed by atoms with Gasteiger partial charge in [-0.15, -0.1) is 0 Å². The molecular weight excluding hydrogens is 306 g/mol. The van der Waals surface area contributed by atoms with Crippen LogP contribution in [0.15, 0.2) is 42.7 Å². The van der Waals surface area contributed by atoms with Gasteiger partial charge in [0.1, 0.15) is 5.75 Å². The van der Waals surface area contributed by atoms with Gasteiger partial charge in [0.2, 0.25) is 0 Å². The average Bonchev–Trinajstić information content (AvgIpc) is 2.54. The average molecular weight is 327 g/mol. The Hall–Kier alpha value is -2.89. The lowest BCUT2D eigenvalue weighted by Crippen LogP contribution is -2.46. The summed E-state index contributed by atoms with van der Waals surface area (Å²) in [5.41, 5.74) is 1.38. The Kier molecular flexibility index (Phi) is 5.18. The topological polar surface area (TPSA) is 80.3 Å². The number of amides is 2. The number of carbonyl (C=O) groups excluding carboxylic acids is 2. The van der Waals surface area contributed by atoms with Gasteiger partial charge in [0.15, 0.2) is 0 Å². The van der Waals surface area contributed by atoms with E-state index in [1.54, 1.807) is 19.4 Å². The van der Waals surface area contributed by atoms with Crippen molar-refractivity contribution in [1.82, 2.24) is 10.3 Å². The third-order valence-electron chi connectivity index (χ3n) is 3.55. The molecule has 0 bridgehead atoms. The largest absolute Gasteiger partial charge is 0.496 e. The Bertz CT molecular complexity index is 757. The number of ether oxygens (including phenoxy) is 1. The van der Waals surface area contributed by atoms with Crippen molar-refractivity contribution >= 4 is 17.5 Å². The Morgan fingerprint density at radius 3 is 2.50 bits per heavy atom. The zero-order valence-corrected chi connectivity index (χ0v) is 14.2. The lowest BCUT2D eigenvalue weighted by atomic mass is 9.93. The Balaban J connectivity index is 2.11. The summed E-state index contributed by atoms with van der Waals surface area (Å²) < 4.78 is 5.32. The summed E-state index contributed by atoms with van der Waals surface area (Å²) in [7, 11) is 1.56. The summed E-state index contributed by atoms with van der Waals surface area (Å²) >= 11 is 0. The van der Waals surface area contributed by atoms with E-state index in [1.807, 2.05) is 45.0 Å². The van der Waals surface area contributed by atoms with Gasteiger partial charge in [0, 0.05) is 11.8 Å². The monoisotopic (exact) mass is 327 g/mol. The van der Waals surface area contributed by atoms with Crippen LogP contribution >= 0.6 is 0 Å². The molecule has 2 aromatic rings. The number of aromatic nitrogens is 1. The van der Waals surface area contributed by atoms with E-state index < -0.39 is 17.4 Å². The number of pyridine rings is 1. The van der Waals surface area contributed by atoms with Crippen LogP contribution in [0, 0.1) is 6.92 Å². The zero-order valence-electron chi connectivity index (χ0n) is 14.2. The van der Waals surface area contributed by atoms with Gasteiger partial charge in [0.05, 0.1) is 24.5 Å². The Morgan fingerprint density at radius 1 is 1.12 bits per heavy atom. The van der Waals surface area contributed by atoms with Crippen molar-refractivity contribution in [2.75, 3.05) is 12.4 Å². The quantitative estimate of drug-likeness (QED) is 0.845. The molecule has 2 N–H and O–H groups in total. The molecule has 0 saturated heterocycles. The van der Waals surface area contributed by atoms with Crippen LogP contribution in [0.2, 0.25) is 0 Å². The molecule has 126 valence electrons. The number of nitrogens with zero attached hydrogens (tertiary/aromatic N) is 1. The summed E-state index contributed by atoms with van der Waals surface area (Å²) in [5, 5.41) is 5.27. The van der Waals surface area contributed by atoms with E-state index in [0.29, 0.717) is 11.4 Å². The highest BCUT2D eigenvalue weighted by molar-refractivity contribution is 6.39. The third-order valence-corrected chi connectivity index (χ3v) is 3.55. The smallest absolute Gasteiger partial charge is 0.313 e. The van der Waals surface area contributed by atoms with Crippen LogP contribution in [-0.2, 0) is 15.1 Å². The van der Waals surface area contributed by atoms with Crippen molar-refractivity contribution in [2.24, 2.45) is 0 Å². The lowest BCUT2D eigenvalue weighted by Gasteiger charge is -2.28. The lowest BCUT2D eigenvalue weighted by molar-refractivity contribution is -0.137. The highest BCUT2D eigenvalue weighted by atomic mass is 16.5. The highest BCUT2D eigenvalue weighted by Crippen LogP contribution is 2.29. The van der Waals surface area contributed by atoms with Crippen LogP contribution in [0.1, 0.15) is 25.0 Å². The maximum atomic E-state index is 12.2. The normalized spacial score (nSPS) is 10.8. The molecule has 0 aliphatic rings. The number of hydrogen-bond donors (Lipinski definition) is 2. The van der Waals surface area contributed by atoms with Crippen LogP contribution in [-0.4, -0.2) is 23.9 Å². The van der Waals surface area contributed by atoms with E-state index in [4.69, 9.17) is 4.74 Å². The second-order valence-electron chi connectivity index (χ2n) is 5.98. The number of nitrogens with one attached hydrogen (secondary N) is 2. The van der Waals surface area contributed by atoms with Crippen LogP contribution in [0.5, 0.6) is 5.75 Å². The fourth-order valence-electron chi connectivity index (χ4n) is 2.38. The number of hydrogen-bond acceptors (Lipinski definition) is 4. The van der Waals surface area contributed by atoms with Gasteiger partial charge in [-0.3, -0.25) is 14.6 Å². The summed E-state index contributed by atoms with van der Waals surface area (Å²) in [4.78, 5) is 28.3. The second kappa shape index (κ2) is 7.12. The molecule has 2 rings (SSSR count). The fraction of sp³-hybridized carbons (Fsp3) is 0.278. The first-order valence-electron chi connectivity index (χ1n) is 7.52. The van der Waals surface area contributed by atoms with Crippen LogP contribution in [0.3, 0.4) is 0 Å². The number of anilines is 1. The van der Waals surface area contributed by atoms with E-state index in [1.165, 1.54) is 6.20 Å². The number of para-hydroxylation sites is 1. The summed E-state index contributed by atoms with van der Waals surface area (Å²) in [6, 6.07) is 9.09. The molecule has 1 aromatic carbocycles. The molecule has 0 fully saturated rings. The van der Waals surface area contributed by atoms with Gasteiger partial charge in [-0.05, 0) is 38.5 Å². The van der Waals surface area contributed by atoms with Crippen molar-refractivity contribution in [3.63, 3.8) is 0 Å². The van der Waals surface area contributed by atoms with Crippen LogP contribution in [0.25, 0.3) is 0 Å². The molecule has 0 aliphatic heterocycles. The van der Waals surface area contributed by atoms with E-state index in [9.17, 15) is 9.59 Å². The van der Waals surface area contributed by atoms with Gasteiger partial charge in [0.25, 0.3) is 0 Å². The predicted octanol–water partition coefficient (Wildman–Crippen LogP) is 2.39. The summed E-state index contributed by atoms with van der Waals surface area (Å²) in [6.07, 6.45) is 3.16. The Morgan fingerprint density at radius 2 is 1.83 bits per heavy atom. The van der Waals surface area contributed by atoms with E-state index >= 15 is 0 Å². The van der Waals surface area contributed by atoms with Crippen molar-refractivity contribution in [1.29, 1.82) is 0 Å². The number of aryl methyl sites for hydroxylation is 1. The first-order chi connectivity index (χ1) is 11.3. The molecule has 6 heteroatoms. The van der Waals surface area contributed by atoms with E-state index in [0.717, 1.165) is 11.1 Å². The molecule has 2 amide bonds. The first-order valence-corrected chi connectivity index (χ1v) is 7.52. The third kappa shape index (κ3) is 4.10. The maximum absolute atomic E-state index is 12.2. The standard InChI is InChI=1S/C18H21N3O3/c1-12-9-13(11-19-10-12)20-16(22)17(23)21-18(2,3)14-7-5-6-8-15(14)24-4/h5-11H,1-4H3,(H,20,22)(H,21,23). The summed E-state index contributed by atoms with van der Waals surface area (Å²) in [6.45, 7) is 5.47. The highest BCUT2D eigenvalue weighted by Gasteiger charge is 2.28. The summed E-state index contributed by atoms with van der Waals surface area (Å²) in [5.74, 6) is -0.830. The number of carbonyl (C=O) groups is 2. The molecular formula is C18H21N3O3.